The van der Waals surface area contributed by atoms with Gasteiger partial charge in [0.2, 0.25) is 6.20 Å². The second-order valence-electron chi connectivity index (χ2n) is 2.48. The van der Waals surface area contributed by atoms with Crippen molar-refractivity contribution in [1.82, 2.24) is 4.90 Å². The highest BCUT2D eigenvalue weighted by molar-refractivity contribution is 5.51. The summed E-state index contributed by atoms with van der Waals surface area (Å²) in [5, 5.41) is 10.9. The molecule has 0 atom stereocenters. The van der Waals surface area contributed by atoms with Gasteiger partial charge in [0, 0.05) is 11.0 Å². The SMILES string of the molecule is Cc1c2[n+](=O)cccc-2on1[O-]. The van der Waals surface area contributed by atoms with Crippen LogP contribution in [-0.4, -0.2) is 4.90 Å². The molecule has 2 aliphatic heterocycles. The number of fused-ring (bicyclic) bond motifs is 1. The number of hydrogen-bond donors (Lipinski definition) is 0. The summed E-state index contributed by atoms with van der Waals surface area (Å²) in [4.78, 5) is 11.4. The van der Waals surface area contributed by atoms with E-state index in [2.05, 4.69) is 0 Å². The van der Waals surface area contributed by atoms with Crippen molar-refractivity contribution in [2.75, 3.05) is 0 Å². The zero-order valence-electron chi connectivity index (χ0n) is 6.35. The summed E-state index contributed by atoms with van der Waals surface area (Å²) in [5.41, 5.74) is 0.563. The maximum atomic E-state index is 11.1. The van der Waals surface area contributed by atoms with E-state index < -0.39 is 0 Å². The molecule has 0 N–H and O–H groups in total. The molecule has 0 fully saturated rings. The average Bonchev–Trinajstić information content (AvgIpc) is 2.29. The first-order valence-electron chi connectivity index (χ1n) is 3.41. The van der Waals surface area contributed by atoms with Gasteiger partial charge < -0.3 is 9.73 Å². The van der Waals surface area contributed by atoms with Crippen molar-refractivity contribution in [2.24, 2.45) is 0 Å². The average molecular weight is 166 g/mol. The highest BCUT2D eigenvalue weighted by Gasteiger charge is 2.19. The number of rotatable bonds is 0. The first-order valence-corrected chi connectivity index (χ1v) is 3.41. The lowest BCUT2D eigenvalue weighted by molar-refractivity contribution is -0.482. The number of hydrogen-bond acceptors (Lipinski definition) is 3. The van der Waals surface area contributed by atoms with Gasteiger partial charge in [0.1, 0.15) is 11.5 Å². The van der Waals surface area contributed by atoms with Gasteiger partial charge in [-0.1, -0.05) is 0 Å². The van der Waals surface area contributed by atoms with Crippen LogP contribution in [0.1, 0.15) is 5.69 Å². The van der Waals surface area contributed by atoms with Crippen molar-refractivity contribution in [1.29, 1.82) is 0 Å². The number of nitrogens with zero attached hydrogens (tertiary/aromatic N) is 2. The van der Waals surface area contributed by atoms with Crippen LogP contribution in [-0.2, 0) is 0 Å². The quantitative estimate of drug-likeness (QED) is 0.542. The summed E-state index contributed by atoms with van der Waals surface area (Å²) in [7, 11) is 0. The van der Waals surface area contributed by atoms with Crippen molar-refractivity contribution < 1.29 is 8.95 Å². The summed E-state index contributed by atoms with van der Waals surface area (Å²) in [5.74, 6) is 0.306. The third-order valence-corrected chi connectivity index (χ3v) is 1.72. The summed E-state index contributed by atoms with van der Waals surface area (Å²) in [6, 6.07) is 3.10. The molecule has 0 aromatic heterocycles. The highest BCUT2D eigenvalue weighted by atomic mass is 16.7. The predicted molar refractivity (Wildman–Crippen MR) is 40.2 cm³/mol. The molecule has 0 unspecified atom stereocenters. The monoisotopic (exact) mass is 166 g/mol. The summed E-state index contributed by atoms with van der Waals surface area (Å²) in [6.45, 7) is 1.53. The van der Waals surface area contributed by atoms with Gasteiger partial charge in [-0.15, -0.1) is 0 Å². The zero-order valence-corrected chi connectivity index (χ0v) is 6.35. The molecule has 2 rings (SSSR count). The van der Waals surface area contributed by atoms with Crippen LogP contribution < -0.4 is 4.43 Å². The number of pyridine rings is 1. The second-order valence-corrected chi connectivity index (χ2v) is 2.48. The van der Waals surface area contributed by atoms with E-state index in [1.54, 1.807) is 6.07 Å². The lowest BCUT2D eigenvalue weighted by Gasteiger charge is -1.96. The fraction of sp³-hybridized carbons (Fsp3) is 0.143. The Kier molecular flexibility index (Phi) is 1.21. The fourth-order valence-corrected chi connectivity index (χ4v) is 1.13. The van der Waals surface area contributed by atoms with Crippen molar-refractivity contribution in [3.8, 4) is 11.5 Å². The lowest BCUT2D eigenvalue weighted by Crippen LogP contribution is -2.16. The van der Waals surface area contributed by atoms with Crippen molar-refractivity contribution in [3.63, 3.8) is 0 Å². The summed E-state index contributed by atoms with van der Waals surface area (Å²) < 4.78 is 5.33. The van der Waals surface area contributed by atoms with Crippen LogP contribution >= 0.6 is 0 Å². The van der Waals surface area contributed by atoms with Crippen LogP contribution in [0.2, 0.25) is 0 Å². The van der Waals surface area contributed by atoms with E-state index in [1.165, 1.54) is 19.2 Å². The molecule has 12 heavy (non-hydrogen) atoms. The molecule has 2 heterocycles. The minimum Gasteiger partial charge on any atom is -0.511 e. The Balaban J connectivity index is 2.95. The molecule has 0 saturated carbocycles. The van der Waals surface area contributed by atoms with Gasteiger partial charge in [0.25, 0.3) is 5.69 Å². The van der Waals surface area contributed by atoms with Gasteiger partial charge in [-0.3, -0.25) is 0 Å². The topological polar surface area (TPSA) is 64.1 Å². The minimum atomic E-state index is 0.278. The van der Waals surface area contributed by atoms with Crippen LogP contribution in [0.25, 0.3) is 11.5 Å². The summed E-state index contributed by atoms with van der Waals surface area (Å²) >= 11 is 0. The van der Waals surface area contributed by atoms with E-state index in [9.17, 15) is 10.1 Å². The number of aromatic nitrogens is 2. The fourth-order valence-electron chi connectivity index (χ4n) is 1.13. The van der Waals surface area contributed by atoms with E-state index in [4.69, 9.17) is 4.52 Å². The Hall–Kier alpha value is -1.78. The van der Waals surface area contributed by atoms with E-state index in [-0.39, 0.29) is 11.4 Å². The molecule has 5 heteroatoms. The standard InChI is InChI=1S/C7H6N2O3/c1-5-7-6(12-9(5)11)3-2-4-8(7)10/h2-4H,1H3. The zero-order chi connectivity index (χ0) is 8.72. The Bertz CT molecular complexity index is 443. The maximum Gasteiger partial charge on any atom is 0.299 e. The molecular weight excluding hydrogens is 160 g/mol. The molecule has 0 amide bonds. The molecule has 0 saturated heterocycles. The van der Waals surface area contributed by atoms with Crippen molar-refractivity contribution >= 4 is 0 Å². The second kappa shape index (κ2) is 2.10. The van der Waals surface area contributed by atoms with Gasteiger partial charge in [-0.25, -0.2) is 4.90 Å². The van der Waals surface area contributed by atoms with Crippen LogP contribution in [0.5, 0.6) is 0 Å². The third kappa shape index (κ3) is 0.730. The van der Waals surface area contributed by atoms with Crippen LogP contribution in [0.3, 0.4) is 0 Å². The highest BCUT2D eigenvalue weighted by Crippen LogP contribution is 2.21. The molecule has 0 bridgehead atoms. The minimum absolute atomic E-state index is 0.278. The van der Waals surface area contributed by atoms with E-state index in [0.717, 1.165) is 0 Å². The maximum absolute atomic E-state index is 11.1. The van der Waals surface area contributed by atoms with Crippen LogP contribution in [0.15, 0.2) is 22.9 Å². The molecule has 0 aromatic rings. The van der Waals surface area contributed by atoms with Gasteiger partial charge in [0.05, 0.1) is 4.43 Å². The normalized spacial score (nSPS) is 10.8. The Labute approximate surface area is 67.3 Å². The molecular formula is C7H6N2O3. The molecule has 0 aromatic carbocycles. The molecule has 0 spiro atoms. The molecule has 5 nitrogen and oxygen atoms in total. The molecule has 0 radical (unpaired) electrons. The Morgan fingerprint density at radius 3 is 3.08 bits per heavy atom. The van der Waals surface area contributed by atoms with Crippen molar-refractivity contribution in [2.45, 2.75) is 6.92 Å². The van der Waals surface area contributed by atoms with E-state index >= 15 is 0 Å². The van der Waals surface area contributed by atoms with Gasteiger partial charge in [0.15, 0.2) is 0 Å². The van der Waals surface area contributed by atoms with Gasteiger partial charge in [-0.2, -0.15) is 0 Å². The molecule has 2 aliphatic rings. The van der Waals surface area contributed by atoms with E-state index in [0.29, 0.717) is 15.1 Å². The van der Waals surface area contributed by atoms with E-state index in [1.807, 2.05) is 0 Å². The summed E-state index contributed by atoms with van der Waals surface area (Å²) in [6.07, 6.45) is 1.32. The smallest absolute Gasteiger partial charge is 0.299 e. The van der Waals surface area contributed by atoms with Crippen LogP contribution in [0.4, 0.5) is 0 Å². The first kappa shape index (κ1) is 6.90. The molecule has 0 aliphatic carbocycles. The Morgan fingerprint density at radius 1 is 1.67 bits per heavy atom. The largest absolute Gasteiger partial charge is 0.511 e. The van der Waals surface area contributed by atoms with Gasteiger partial charge >= 0.3 is 0 Å². The van der Waals surface area contributed by atoms with Crippen molar-refractivity contribution in [3.05, 3.63) is 34.1 Å². The van der Waals surface area contributed by atoms with Gasteiger partial charge in [-0.05, 0) is 13.0 Å². The Morgan fingerprint density at radius 2 is 2.42 bits per heavy atom. The molecule has 62 valence electrons. The first-order chi connectivity index (χ1) is 5.70. The third-order valence-electron chi connectivity index (χ3n) is 1.72. The predicted octanol–water partition coefficient (Wildman–Crippen LogP) is 0.755. The van der Waals surface area contributed by atoms with Crippen LogP contribution in [0, 0.1) is 17.0 Å². The lowest BCUT2D eigenvalue weighted by atomic mass is 10.2.